The average molecular weight is 496 g/mol. The average Bonchev–Trinajstić information content (AvgIpc) is 3.29. The van der Waals surface area contributed by atoms with E-state index in [0.717, 1.165) is 22.3 Å². The predicted octanol–water partition coefficient (Wildman–Crippen LogP) is 5.79. The maximum atomic E-state index is 10.7. The van der Waals surface area contributed by atoms with Crippen LogP contribution in [0.4, 0.5) is 0 Å². The summed E-state index contributed by atoms with van der Waals surface area (Å²) >= 11 is 0. The summed E-state index contributed by atoms with van der Waals surface area (Å²) in [4.78, 5) is 0. The molecule has 0 radical (unpaired) electrons. The molecule has 1 saturated heterocycles. The zero-order valence-corrected chi connectivity index (χ0v) is 20.8. The summed E-state index contributed by atoms with van der Waals surface area (Å²) in [5.41, 5.74) is 4.10. The van der Waals surface area contributed by atoms with Gasteiger partial charge in [-0.05, 0) is 22.8 Å². The lowest BCUT2D eigenvalue weighted by Gasteiger charge is -2.27. The second-order valence-electron chi connectivity index (χ2n) is 9.33. The maximum Gasteiger partial charge on any atom is 0.120 e. The summed E-state index contributed by atoms with van der Waals surface area (Å²) in [5, 5.41) is 14.4. The number of hydrogen-bond donors (Lipinski definition) is 2. The normalized spacial score (nSPS) is 21.2. The van der Waals surface area contributed by atoms with Gasteiger partial charge in [0.05, 0.1) is 38.5 Å². The van der Waals surface area contributed by atoms with E-state index in [1.807, 2.05) is 72.8 Å². The molecule has 4 atom stereocenters. The van der Waals surface area contributed by atoms with Crippen molar-refractivity contribution in [1.82, 2.24) is 5.32 Å². The third-order valence-electron chi connectivity index (χ3n) is 6.69. The van der Waals surface area contributed by atoms with Gasteiger partial charge in [0.2, 0.25) is 0 Å². The Hall–Kier alpha value is -3.48. The van der Waals surface area contributed by atoms with E-state index >= 15 is 0 Å². The van der Waals surface area contributed by atoms with Crippen LogP contribution in [0, 0.1) is 0 Å². The third kappa shape index (κ3) is 6.64. The fraction of sp³-hybridized carbons (Fsp3) is 0.250. The van der Waals surface area contributed by atoms with E-state index < -0.39 is 0 Å². The van der Waals surface area contributed by atoms with E-state index in [2.05, 4.69) is 41.7 Å². The van der Waals surface area contributed by atoms with E-state index in [0.29, 0.717) is 26.4 Å². The predicted molar refractivity (Wildman–Crippen MR) is 144 cm³/mol. The van der Waals surface area contributed by atoms with Crippen molar-refractivity contribution in [2.75, 3.05) is 6.61 Å². The molecule has 0 amide bonds. The van der Waals surface area contributed by atoms with Crippen molar-refractivity contribution >= 4 is 0 Å². The van der Waals surface area contributed by atoms with E-state index in [1.54, 1.807) is 6.07 Å². The molecular weight excluding hydrogens is 462 g/mol. The molecule has 0 unspecified atom stereocenters. The Morgan fingerprint density at radius 1 is 0.568 bits per heavy atom. The van der Waals surface area contributed by atoms with Gasteiger partial charge in [-0.2, -0.15) is 0 Å². The fourth-order valence-corrected chi connectivity index (χ4v) is 4.81. The minimum atomic E-state index is -0.331. The Balaban J connectivity index is 1.38. The first kappa shape index (κ1) is 25.2. The first-order chi connectivity index (χ1) is 18.3. The number of phenolic OH excluding ortho intramolecular Hbond substituents is 1. The lowest BCUT2D eigenvalue weighted by atomic mass is 9.99. The van der Waals surface area contributed by atoms with Crippen LogP contribution in [0.2, 0.25) is 0 Å². The molecule has 4 aromatic rings. The molecule has 2 N–H and O–H groups in total. The van der Waals surface area contributed by atoms with Crippen LogP contribution >= 0.6 is 0 Å². The standard InChI is InChI=1S/C32H33NO4/c34-29-19-11-10-18-27(29)30-32(37-22-26-16-8-3-9-17-26)31(36-21-25-14-6-2-7-15-25)28(33-30)23-35-20-24-12-4-1-5-13-24/h1-19,28,30-34H,20-23H2/t28-,30-,31+,32-/m0/s1. The second-order valence-corrected chi connectivity index (χ2v) is 9.33. The van der Waals surface area contributed by atoms with E-state index in [4.69, 9.17) is 14.2 Å². The highest BCUT2D eigenvalue weighted by atomic mass is 16.5. The molecule has 0 aromatic heterocycles. The summed E-state index contributed by atoms with van der Waals surface area (Å²) in [7, 11) is 0. The van der Waals surface area contributed by atoms with Crippen LogP contribution in [0.5, 0.6) is 5.75 Å². The van der Waals surface area contributed by atoms with Gasteiger partial charge >= 0.3 is 0 Å². The summed E-state index contributed by atoms with van der Waals surface area (Å²) in [6.07, 6.45) is -0.619. The van der Waals surface area contributed by atoms with Crippen molar-refractivity contribution < 1.29 is 19.3 Å². The third-order valence-corrected chi connectivity index (χ3v) is 6.69. The van der Waals surface area contributed by atoms with E-state index in [9.17, 15) is 5.11 Å². The molecular formula is C32H33NO4. The molecule has 190 valence electrons. The largest absolute Gasteiger partial charge is 0.508 e. The number of nitrogens with one attached hydrogen (secondary N) is 1. The van der Waals surface area contributed by atoms with Gasteiger partial charge in [-0.1, -0.05) is 109 Å². The number of para-hydroxylation sites is 1. The van der Waals surface area contributed by atoms with E-state index in [-0.39, 0.29) is 30.0 Å². The molecule has 0 bridgehead atoms. The Labute approximate surface area is 218 Å². The van der Waals surface area contributed by atoms with Gasteiger partial charge in [0.1, 0.15) is 18.0 Å². The van der Waals surface area contributed by atoms with Gasteiger partial charge in [-0.15, -0.1) is 0 Å². The molecule has 1 aliphatic rings. The Bertz CT molecular complexity index is 1220. The number of aromatic hydroxyl groups is 1. The quantitative estimate of drug-likeness (QED) is 0.276. The van der Waals surface area contributed by atoms with Crippen molar-refractivity contribution in [2.45, 2.75) is 44.1 Å². The smallest absolute Gasteiger partial charge is 0.120 e. The number of rotatable bonds is 11. The SMILES string of the molecule is Oc1ccccc1[C@@H]1N[C@@H](COCc2ccccc2)[C@@H](OCc2ccccc2)[C@H]1OCc1ccccc1. The van der Waals surface area contributed by atoms with E-state index in [1.165, 1.54) is 0 Å². The van der Waals surface area contributed by atoms with Crippen molar-refractivity contribution in [3.8, 4) is 5.75 Å². The molecule has 5 nitrogen and oxygen atoms in total. The zero-order valence-electron chi connectivity index (χ0n) is 20.8. The van der Waals surface area contributed by atoms with Gasteiger partial charge in [0.15, 0.2) is 0 Å². The topological polar surface area (TPSA) is 60.0 Å². The molecule has 0 aliphatic carbocycles. The Morgan fingerprint density at radius 3 is 1.62 bits per heavy atom. The number of benzene rings is 4. The first-order valence-corrected chi connectivity index (χ1v) is 12.7. The first-order valence-electron chi connectivity index (χ1n) is 12.7. The highest BCUT2D eigenvalue weighted by Gasteiger charge is 2.46. The molecule has 0 spiro atoms. The van der Waals surface area contributed by atoms with Crippen LogP contribution in [0.25, 0.3) is 0 Å². The van der Waals surface area contributed by atoms with Crippen LogP contribution < -0.4 is 5.32 Å². The summed E-state index contributed by atoms with van der Waals surface area (Å²) in [6, 6.07) is 37.4. The lowest BCUT2D eigenvalue weighted by Crippen LogP contribution is -2.39. The zero-order chi connectivity index (χ0) is 25.3. The van der Waals surface area contributed by atoms with Gasteiger partial charge in [-0.3, -0.25) is 0 Å². The van der Waals surface area contributed by atoms with Gasteiger partial charge in [0.25, 0.3) is 0 Å². The van der Waals surface area contributed by atoms with Crippen LogP contribution in [0.3, 0.4) is 0 Å². The molecule has 37 heavy (non-hydrogen) atoms. The van der Waals surface area contributed by atoms with Crippen molar-refractivity contribution in [2.24, 2.45) is 0 Å². The van der Waals surface area contributed by atoms with Crippen LogP contribution in [0.15, 0.2) is 115 Å². The highest BCUT2D eigenvalue weighted by molar-refractivity contribution is 5.37. The Morgan fingerprint density at radius 2 is 1.05 bits per heavy atom. The lowest BCUT2D eigenvalue weighted by molar-refractivity contribution is -0.0862. The van der Waals surface area contributed by atoms with Crippen LogP contribution in [0.1, 0.15) is 28.3 Å². The Kier molecular flexibility index (Phi) is 8.62. The molecule has 4 aromatic carbocycles. The minimum absolute atomic E-state index is 0.127. The molecule has 5 heteroatoms. The van der Waals surface area contributed by atoms with Crippen LogP contribution in [-0.2, 0) is 34.0 Å². The van der Waals surface area contributed by atoms with Gasteiger partial charge in [0, 0.05) is 5.56 Å². The second kappa shape index (κ2) is 12.7. The van der Waals surface area contributed by atoms with Crippen molar-refractivity contribution in [1.29, 1.82) is 0 Å². The number of phenols is 1. The van der Waals surface area contributed by atoms with Crippen LogP contribution in [-0.4, -0.2) is 30.0 Å². The molecule has 1 heterocycles. The fourth-order valence-electron chi connectivity index (χ4n) is 4.81. The van der Waals surface area contributed by atoms with Crippen molar-refractivity contribution in [3.05, 3.63) is 138 Å². The summed E-state index contributed by atoms with van der Waals surface area (Å²) in [5.74, 6) is 0.237. The number of ether oxygens (including phenoxy) is 3. The van der Waals surface area contributed by atoms with Gasteiger partial charge < -0.3 is 24.6 Å². The molecule has 5 rings (SSSR count). The molecule has 1 aliphatic heterocycles. The molecule has 1 fully saturated rings. The minimum Gasteiger partial charge on any atom is -0.508 e. The number of hydrogen-bond acceptors (Lipinski definition) is 5. The maximum absolute atomic E-state index is 10.7. The summed E-state index contributed by atoms with van der Waals surface area (Å²) < 4.78 is 19.3. The summed E-state index contributed by atoms with van der Waals surface area (Å²) in [6.45, 7) is 1.87. The monoisotopic (exact) mass is 495 g/mol. The highest BCUT2D eigenvalue weighted by Crippen LogP contribution is 2.37. The molecule has 0 saturated carbocycles. The van der Waals surface area contributed by atoms with Crippen molar-refractivity contribution in [3.63, 3.8) is 0 Å². The van der Waals surface area contributed by atoms with Gasteiger partial charge in [-0.25, -0.2) is 0 Å².